The molecule has 0 radical (unpaired) electrons. The number of halogens is 1. The minimum Gasteiger partial charge on any atom is -0.496 e. The first-order chi connectivity index (χ1) is 24.0. The van der Waals surface area contributed by atoms with Gasteiger partial charge < -0.3 is 14.2 Å². The molecule has 7 rings (SSSR count). The zero-order chi connectivity index (χ0) is 36.7. The number of amides is 1. The maximum Gasteiger partial charge on any atom is 0.333 e. The third-order valence-corrected chi connectivity index (χ3v) is 14.0. The number of methoxy groups -OCH3 is 1. The van der Waals surface area contributed by atoms with E-state index in [1.807, 2.05) is 6.92 Å². The van der Waals surface area contributed by atoms with E-state index in [4.69, 9.17) is 14.2 Å². The maximum absolute atomic E-state index is 15.0. The topological polar surface area (TPSA) is 166 Å². The molecule has 278 valence electrons. The smallest absolute Gasteiger partial charge is 0.333 e. The van der Waals surface area contributed by atoms with Crippen molar-refractivity contribution in [3.63, 3.8) is 0 Å². The molecule has 1 unspecified atom stereocenters. The van der Waals surface area contributed by atoms with E-state index in [-0.39, 0.29) is 31.8 Å². The number of hydrogen-bond donors (Lipinski definition) is 1. The Morgan fingerprint density at radius 3 is 2.43 bits per heavy atom. The number of carbonyl (C=O) groups excluding carboxylic acids is 1. The van der Waals surface area contributed by atoms with Gasteiger partial charge in [-0.2, -0.15) is 10.2 Å². The van der Waals surface area contributed by atoms with Crippen LogP contribution in [0.25, 0.3) is 15.2 Å². The molecule has 3 aliphatic rings. The second kappa shape index (κ2) is 12.3. The van der Waals surface area contributed by atoms with Crippen LogP contribution < -0.4 is 20.7 Å². The van der Waals surface area contributed by atoms with Crippen molar-refractivity contribution in [3.05, 3.63) is 68.4 Å². The maximum atomic E-state index is 15.0. The van der Waals surface area contributed by atoms with Crippen LogP contribution in [-0.2, 0) is 36.4 Å². The summed E-state index contributed by atoms with van der Waals surface area (Å²) in [6, 6.07) is 4.06. The molecular formula is C34H45FN6O8S2. The molecule has 17 heteroatoms. The molecule has 4 atom stereocenters. The highest BCUT2D eigenvalue weighted by Crippen LogP contribution is 2.45. The average molecular weight is 749 g/mol. The first-order valence-corrected chi connectivity index (χ1v) is 19.2. The van der Waals surface area contributed by atoms with Crippen LogP contribution in [0.2, 0.25) is 0 Å². The fourth-order valence-electron chi connectivity index (χ4n) is 7.30. The minimum atomic E-state index is -4.10. The van der Waals surface area contributed by atoms with Crippen molar-refractivity contribution in [1.29, 1.82) is 0 Å². The SMILES string of the molecule is COc1ccc(F)cc1[C@H](Cn1c(=O)n(C(C)(C)C(=O)NS(=O)(=O)C2(C)CC2)c(=O)c2c(C)c(-n3nccn3)sc21)OC1(C)C[C@H]2CC[C@@H](C1)O2.[HH].[HH]. The summed E-state index contributed by atoms with van der Waals surface area (Å²) in [6.07, 6.45) is 5.68. The summed E-state index contributed by atoms with van der Waals surface area (Å²) >= 11 is 1.10. The molecule has 51 heavy (non-hydrogen) atoms. The molecule has 4 aromatic rings. The number of fused-ring (bicyclic) bond motifs is 3. The molecule has 1 aromatic carbocycles. The van der Waals surface area contributed by atoms with E-state index in [1.54, 1.807) is 6.92 Å². The van der Waals surface area contributed by atoms with Gasteiger partial charge in [-0.25, -0.2) is 22.2 Å². The predicted octanol–water partition coefficient (Wildman–Crippen LogP) is 4.35. The lowest BCUT2D eigenvalue weighted by Gasteiger charge is -2.40. The second-order valence-corrected chi connectivity index (χ2v) is 18.0. The lowest BCUT2D eigenvalue weighted by atomic mass is 9.91. The fourth-order valence-corrected chi connectivity index (χ4v) is 9.90. The van der Waals surface area contributed by atoms with E-state index in [1.165, 1.54) is 67.8 Å². The zero-order valence-corrected chi connectivity index (χ0v) is 30.9. The van der Waals surface area contributed by atoms with Crippen molar-refractivity contribution in [2.45, 2.75) is 114 Å². The molecular weight excluding hydrogens is 704 g/mol. The number of aromatic nitrogens is 5. The number of carbonyl (C=O) groups is 1. The summed E-state index contributed by atoms with van der Waals surface area (Å²) in [5, 5.41) is 9.04. The summed E-state index contributed by atoms with van der Waals surface area (Å²) < 4.78 is 63.0. The Hall–Kier alpha value is -3.93. The molecule has 2 bridgehead atoms. The van der Waals surface area contributed by atoms with Gasteiger partial charge in [-0.05, 0) is 78.5 Å². The molecule has 1 saturated carbocycles. The van der Waals surface area contributed by atoms with Crippen molar-refractivity contribution in [3.8, 4) is 10.8 Å². The van der Waals surface area contributed by atoms with Gasteiger partial charge in [0.1, 0.15) is 33.0 Å². The number of sulfonamides is 1. The highest BCUT2D eigenvalue weighted by atomic mass is 32.2. The Labute approximate surface area is 300 Å². The lowest BCUT2D eigenvalue weighted by molar-refractivity contribution is -0.165. The Kier molecular flexibility index (Phi) is 8.59. The van der Waals surface area contributed by atoms with Gasteiger partial charge in [0.05, 0.1) is 54.0 Å². The van der Waals surface area contributed by atoms with Gasteiger partial charge in [0.25, 0.3) is 11.5 Å². The lowest BCUT2D eigenvalue weighted by Crippen LogP contribution is -2.57. The van der Waals surface area contributed by atoms with Gasteiger partial charge in [-0.1, -0.05) is 11.3 Å². The van der Waals surface area contributed by atoms with Crippen LogP contribution in [0, 0.1) is 12.7 Å². The van der Waals surface area contributed by atoms with E-state index in [0.717, 1.165) is 28.7 Å². The molecule has 0 spiro atoms. The zero-order valence-electron chi connectivity index (χ0n) is 29.3. The first kappa shape index (κ1) is 35.5. The second-order valence-electron chi connectivity index (χ2n) is 14.8. The molecule has 2 saturated heterocycles. The third-order valence-electron chi connectivity index (χ3n) is 10.6. The summed E-state index contributed by atoms with van der Waals surface area (Å²) in [5.74, 6) is -1.24. The minimum absolute atomic E-state index is 0. The normalized spacial score (nSPS) is 23.4. The number of hydrogen-bond acceptors (Lipinski definition) is 11. The first-order valence-electron chi connectivity index (χ1n) is 16.9. The van der Waals surface area contributed by atoms with Crippen LogP contribution in [0.15, 0.2) is 40.2 Å². The molecule has 14 nitrogen and oxygen atoms in total. The highest BCUT2D eigenvalue weighted by molar-refractivity contribution is 7.91. The summed E-state index contributed by atoms with van der Waals surface area (Å²) in [6.45, 7) is 7.63. The number of nitrogens with zero attached hydrogens (tertiary/aromatic N) is 5. The number of ether oxygens (including phenoxy) is 3. The fraction of sp³-hybridized carbons (Fsp3) is 0.559. The Balaban J connectivity index is 0.00000271. The summed E-state index contributed by atoms with van der Waals surface area (Å²) in [7, 11) is -2.65. The van der Waals surface area contributed by atoms with Crippen molar-refractivity contribution in [1.82, 2.24) is 28.9 Å². The quantitative estimate of drug-likeness (QED) is 0.233. The number of thiophene rings is 1. The van der Waals surface area contributed by atoms with Crippen molar-refractivity contribution in [2.75, 3.05) is 7.11 Å². The third kappa shape index (κ3) is 6.10. The van der Waals surface area contributed by atoms with Gasteiger partial charge in [-0.15, -0.1) is 4.80 Å². The molecule has 2 aliphatic heterocycles. The van der Waals surface area contributed by atoms with Gasteiger partial charge in [-0.3, -0.25) is 18.9 Å². The van der Waals surface area contributed by atoms with Crippen LogP contribution in [-0.4, -0.2) is 68.1 Å². The van der Waals surface area contributed by atoms with Gasteiger partial charge >= 0.3 is 5.69 Å². The van der Waals surface area contributed by atoms with Crippen LogP contribution >= 0.6 is 11.3 Å². The number of rotatable bonds is 11. The van der Waals surface area contributed by atoms with Gasteiger partial charge in [0.15, 0.2) is 0 Å². The monoisotopic (exact) mass is 748 g/mol. The highest BCUT2D eigenvalue weighted by Gasteiger charge is 2.52. The average Bonchev–Trinajstić information content (AvgIpc) is 3.35. The molecule has 3 aromatic heterocycles. The molecule has 1 aliphatic carbocycles. The standard InChI is InChI=1S/C34H41FN6O8S2.2H2/c1-19-26-27(42)40(32(2,3)30(43)38-51(45,46)34(5)11-12-34)31(44)39(29(26)50-28(19)41-36-13-14-37-41)18-25(23-15-20(35)7-10-24(23)47-6)49-33(4)16-21-8-9-22(17-33)48-21;;/h7,10,13-15,21-22,25H,8-9,11-12,16-18H2,1-6H3,(H,38,43);2*1H/t21-,22+,25-,33?;;/m0../s1. The predicted molar refractivity (Wildman–Crippen MR) is 191 cm³/mol. The number of benzene rings is 1. The summed E-state index contributed by atoms with van der Waals surface area (Å²) in [4.78, 5) is 44.6. The van der Waals surface area contributed by atoms with Crippen LogP contribution in [0.1, 0.15) is 86.3 Å². The van der Waals surface area contributed by atoms with E-state index in [9.17, 15) is 27.2 Å². The van der Waals surface area contributed by atoms with Crippen LogP contribution in [0.5, 0.6) is 5.75 Å². The van der Waals surface area contributed by atoms with Crippen molar-refractivity contribution >= 4 is 37.5 Å². The molecule has 5 heterocycles. The molecule has 1 amide bonds. The largest absolute Gasteiger partial charge is 0.496 e. The Bertz CT molecular complexity index is 2260. The van der Waals surface area contributed by atoms with Crippen LogP contribution in [0.4, 0.5) is 4.39 Å². The Morgan fingerprint density at radius 1 is 1.18 bits per heavy atom. The van der Waals surface area contributed by atoms with E-state index in [0.29, 0.717) is 47.6 Å². The van der Waals surface area contributed by atoms with Gasteiger partial charge in [0, 0.05) is 26.8 Å². The number of nitrogens with one attached hydrogen (secondary N) is 1. The molecule has 3 fully saturated rings. The van der Waals surface area contributed by atoms with Gasteiger partial charge in [0.2, 0.25) is 10.0 Å². The van der Waals surface area contributed by atoms with E-state index < -0.39 is 55.0 Å². The van der Waals surface area contributed by atoms with Crippen molar-refractivity contribution in [2.24, 2.45) is 0 Å². The number of aryl methyl sites for hydroxylation is 1. The Morgan fingerprint density at radius 2 is 1.82 bits per heavy atom. The van der Waals surface area contributed by atoms with E-state index in [2.05, 4.69) is 14.9 Å². The summed E-state index contributed by atoms with van der Waals surface area (Å²) in [5.41, 5.74) is -3.57. The van der Waals surface area contributed by atoms with Crippen molar-refractivity contribution < 1.29 is 34.7 Å². The van der Waals surface area contributed by atoms with E-state index >= 15 is 0 Å². The van der Waals surface area contributed by atoms with Crippen LogP contribution in [0.3, 0.4) is 0 Å². The molecule has 1 N–H and O–H groups in total.